The van der Waals surface area contributed by atoms with Crippen molar-refractivity contribution in [2.75, 3.05) is 0 Å². The van der Waals surface area contributed by atoms with Crippen LogP contribution < -0.4 is 0 Å². The van der Waals surface area contributed by atoms with Crippen LogP contribution in [0, 0.1) is 0 Å². The fourth-order valence-electron chi connectivity index (χ4n) is 0.567. The molecule has 2 N–H and O–H groups in total. The zero-order chi connectivity index (χ0) is 8.20. The number of halogens is 2. The van der Waals surface area contributed by atoms with Crippen molar-refractivity contribution >= 4 is 0 Å². The molecule has 0 spiro atoms. The van der Waals surface area contributed by atoms with E-state index >= 15 is 0 Å². The van der Waals surface area contributed by atoms with Crippen LogP contribution in [-0.4, -0.2) is 22.4 Å². The van der Waals surface area contributed by atoms with Gasteiger partial charge in [0.25, 0.3) is 0 Å². The average Bonchev–Trinajstić information content (AvgIpc) is 1.80. The van der Waals surface area contributed by atoms with E-state index in [1.54, 1.807) is 6.92 Å². The molecule has 0 aromatic rings. The quantitative estimate of drug-likeness (QED) is 0.596. The normalized spacial score (nSPS) is 15.3. The van der Waals surface area contributed by atoms with Crippen molar-refractivity contribution in [3.05, 3.63) is 0 Å². The van der Waals surface area contributed by atoms with Gasteiger partial charge < -0.3 is 10.2 Å². The van der Waals surface area contributed by atoms with E-state index in [0.717, 1.165) is 0 Å². The first-order valence-corrected chi connectivity index (χ1v) is 3.26. The standard InChI is InChI=1S/C6H12F2O2/c1-2-3-4-5(7)6(8,9)10/h5,9-10H,2-4H2,1H3. The monoisotopic (exact) mass is 154 g/mol. The highest BCUT2D eigenvalue weighted by atomic mass is 19.2. The smallest absolute Gasteiger partial charge is 0.338 e. The van der Waals surface area contributed by atoms with Gasteiger partial charge in [-0.25, -0.2) is 4.39 Å². The molecule has 0 saturated heterocycles. The average molecular weight is 154 g/mol. The van der Waals surface area contributed by atoms with Crippen molar-refractivity contribution in [1.29, 1.82) is 0 Å². The van der Waals surface area contributed by atoms with Gasteiger partial charge in [0.2, 0.25) is 0 Å². The third-order valence-electron chi connectivity index (χ3n) is 1.21. The molecule has 4 heteroatoms. The first-order chi connectivity index (χ1) is 4.48. The van der Waals surface area contributed by atoms with E-state index in [4.69, 9.17) is 10.2 Å². The van der Waals surface area contributed by atoms with E-state index in [-0.39, 0.29) is 6.42 Å². The van der Waals surface area contributed by atoms with Gasteiger partial charge in [0.1, 0.15) is 0 Å². The molecule has 62 valence electrons. The minimum Gasteiger partial charge on any atom is -0.338 e. The first kappa shape index (κ1) is 9.78. The minimum atomic E-state index is -3.66. The molecule has 0 aliphatic heterocycles. The Morgan fingerprint density at radius 1 is 1.50 bits per heavy atom. The second-order valence-corrected chi connectivity index (χ2v) is 2.25. The van der Waals surface area contributed by atoms with Crippen LogP contribution in [0.1, 0.15) is 26.2 Å². The van der Waals surface area contributed by atoms with E-state index in [9.17, 15) is 8.78 Å². The van der Waals surface area contributed by atoms with Gasteiger partial charge in [0, 0.05) is 0 Å². The van der Waals surface area contributed by atoms with E-state index < -0.39 is 12.2 Å². The van der Waals surface area contributed by atoms with Gasteiger partial charge in [-0.1, -0.05) is 19.8 Å². The Hall–Kier alpha value is -0.220. The van der Waals surface area contributed by atoms with Crippen molar-refractivity contribution in [1.82, 2.24) is 0 Å². The van der Waals surface area contributed by atoms with Crippen LogP contribution in [0.25, 0.3) is 0 Å². The van der Waals surface area contributed by atoms with Gasteiger partial charge in [-0.3, -0.25) is 0 Å². The number of hydrogen-bond acceptors (Lipinski definition) is 2. The van der Waals surface area contributed by atoms with Gasteiger partial charge >= 0.3 is 6.04 Å². The molecule has 1 atom stereocenters. The molecule has 0 aromatic carbocycles. The maximum atomic E-state index is 12.2. The Labute approximate surface area is 58.5 Å². The van der Waals surface area contributed by atoms with E-state index in [2.05, 4.69) is 0 Å². The molecule has 1 unspecified atom stereocenters. The summed E-state index contributed by atoms with van der Waals surface area (Å²) in [5.41, 5.74) is 0. The summed E-state index contributed by atoms with van der Waals surface area (Å²) in [6, 6.07) is -3.66. The van der Waals surface area contributed by atoms with Crippen molar-refractivity contribution in [3.8, 4) is 0 Å². The molecule has 0 aromatic heterocycles. The second kappa shape index (κ2) is 3.83. The minimum absolute atomic E-state index is 0.153. The SMILES string of the molecule is CCCCC(F)C(O)(O)F. The van der Waals surface area contributed by atoms with Crippen LogP contribution in [-0.2, 0) is 0 Å². The van der Waals surface area contributed by atoms with E-state index in [0.29, 0.717) is 12.8 Å². The Morgan fingerprint density at radius 3 is 2.30 bits per heavy atom. The van der Waals surface area contributed by atoms with Crippen LogP contribution in [0.2, 0.25) is 0 Å². The molecule has 0 fully saturated rings. The van der Waals surface area contributed by atoms with Crippen molar-refractivity contribution in [2.24, 2.45) is 0 Å². The molecule has 0 aliphatic carbocycles. The maximum absolute atomic E-state index is 12.2. The summed E-state index contributed by atoms with van der Waals surface area (Å²) in [6.07, 6.45) is -1.18. The molecule has 0 radical (unpaired) electrons. The van der Waals surface area contributed by atoms with Gasteiger partial charge in [0.15, 0.2) is 6.17 Å². The third-order valence-corrected chi connectivity index (χ3v) is 1.21. The fourth-order valence-corrected chi connectivity index (χ4v) is 0.567. The molecule has 2 nitrogen and oxygen atoms in total. The molecule has 0 bridgehead atoms. The van der Waals surface area contributed by atoms with Crippen LogP contribution in [0.4, 0.5) is 8.78 Å². The van der Waals surface area contributed by atoms with Gasteiger partial charge in [0.05, 0.1) is 0 Å². The third kappa shape index (κ3) is 3.74. The van der Waals surface area contributed by atoms with Crippen LogP contribution in [0.5, 0.6) is 0 Å². The van der Waals surface area contributed by atoms with Gasteiger partial charge in [-0.05, 0) is 6.42 Å². The molecule has 0 rings (SSSR count). The number of hydrogen-bond donors (Lipinski definition) is 2. The summed E-state index contributed by atoms with van der Waals surface area (Å²) < 4.78 is 24.1. The largest absolute Gasteiger partial charge is 0.347 e. The zero-order valence-electron chi connectivity index (χ0n) is 5.85. The Bertz CT molecular complexity index is 90.2. The highest BCUT2D eigenvalue weighted by Gasteiger charge is 2.33. The summed E-state index contributed by atoms with van der Waals surface area (Å²) in [5, 5.41) is 16.1. The molecule has 0 heterocycles. The predicted molar refractivity (Wildman–Crippen MR) is 32.7 cm³/mol. The summed E-state index contributed by atoms with van der Waals surface area (Å²) in [6.45, 7) is 1.81. The fraction of sp³-hybridized carbons (Fsp3) is 1.00. The molecular weight excluding hydrogens is 142 g/mol. The lowest BCUT2D eigenvalue weighted by Gasteiger charge is -2.15. The molecule has 0 saturated carbocycles. The number of alkyl halides is 2. The predicted octanol–water partition coefficient (Wildman–Crippen LogP) is 1.12. The van der Waals surface area contributed by atoms with E-state index in [1.807, 2.05) is 0 Å². The van der Waals surface area contributed by atoms with Crippen molar-refractivity contribution < 1.29 is 19.0 Å². The summed E-state index contributed by atoms with van der Waals surface area (Å²) >= 11 is 0. The molecule has 0 amide bonds. The van der Waals surface area contributed by atoms with Crippen molar-refractivity contribution in [3.63, 3.8) is 0 Å². The summed E-state index contributed by atoms with van der Waals surface area (Å²) in [7, 11) is 0. The number of aliphatic hydroxyl groups is 2. The molecule has 0 aliphatic rings. The highest BCUT2D eigenvalue weighted by Crippen LogP contribution is 2.17. The lowest BCUT2D eigenvalue weighted by Crippen LogP contribution is -2.34. The Balaban J connectivity index is 3.52. The highest BCUT2D eigenvalue weighted by molar-refractivity contribution is 4.63. The van der Waals surface area contributed by atoms with E-state index in [1.165, 1.54) is 0 Å². The van der Waals surface area contributed by atoms with Crippen LogP contribution in [0.3, 0.4) is 0 Å². The van der Waals surface area contributed by atoms with Crippen LogP contribution in [0.15, 0.2) is 0 Å². The zero-order valence-corrected chi connectivity index (χ0v) is 5.85. The second-order valence-electron chi connectivity index (χ2n) is 2.25. The van der Waals surface area contributed by atoms with Crippen molar-refractivity contribution in [2.45, 2.75) is 38.4 Å². The Morgan fingerprint density at radius 2 is 2.00 bits per heavy atom. The Kier molecular flexibility index (Phi) is 3.75. The summed E-state index contributed by atoms with van der Waals surface area (Å²) in [4.78, 5) is 0. The maximum Gasteiger partial charge on any atom is 0.347 e. The summed E-state index contributed by atoms with van der Waals surface area (Å²) in [5.74, 6) is 0. The molecular formula is C6H12F2O2. The first-order valence-electron chi connectivity index (χ1n) is 3.26. The number of unbranched alkanes of at least 4 members (excludes halogenated alkanes) is 1. The topological polar surface area (TPSA) is 40.5 Å². The molecule has 10 heavy (non-hydrogen) atoms. The van der Waals surface area contributed by atoms with Crippen LogP contribution >= 0.6 is 0 Å². The lowest BCUT2D eigenvalue weighted by molar-refractivity contribution is -0.294. The van der Waals surface area contributed by atoms with Gasteiger partial charge in [-0.15, -0.1) is 0 Å². The van der Waals surface area contributed by atoms with Gasteiger partial charge in [-0.2, -0.15) is 4.39 Å². The lowest BCUT2D eigenvalue weighted by atomic mass is 10.1. The number of rotatable bonds is 4.